The minimum absolute atomic E-state index is 0.0426. The highest BCUT2D eigenvalue weighted by atomic mass is 35.5. The first-order valence-electron chi connectivity index (χ1n) is 7.83. The number of halogens is 3. The van der Waals surface area contributed by atoms with Gasteiger partial charge in [0.2, 0.25) is 0 Å². The van der Waals surface area contributed by atoms with Crippen molar-refractivity contribution >= 4 is 46.8 Å². The average molecular weight is 412 g/mol. The van der Waals surface area contributed by atoms with Crippen LogP contribution in [0.5, 0.6) is 0 Å². The molecule has 1 N–H and O–H groups in total. The van der Waals surface area contributed by atoms with Gasteiger partial charge >= 0.3 is 0 Å². The number of aryl methyl sites for hydroxylation is 1. The van der Waals surface area contributed by atoms with E-state index in [-0.39, 0.29) is 18.2 Å². The maximum Gasteiger partial charge on any atom is 0.262 e. The quantitative estimate of drug-likeness (QED) is 0.576. The van der Waals surface area contributed by atoms with Gasteiger partial charge in [0, 0.05) is 27.2 Å². The lowest BCUT2D eigenvalue weighted by molar-refractivity contribution is -0.117. The molecule has 1 amide bonds. The Hall–Kier alpha value is -2.00. The molecule has 0 radical (unpaired) electrons. The number of carbonyl (C=O) groups is 1. The Morgan fingerprint density at radius 1 is 1.35 bits per heavy atom. The van der Waals surface area contributed by atoms with Gasteiger partial charge in [-0.3, -0.25) is 4.79 Å². The van der Waals surface area contributed by atoms with Crippen LogP contribution in [0.25, 0.3) is 6.08 Å². The second-order valence-corrected chi connectivity index (χ2v) is 7.12. The van der Waals surface area contributed by atoms with Crippen LogP contribution in [0.15, 0.2) is 23.8 Å². The number of amides is 1. The molecule has 0 saturated heterocycles. The third-order valence-corrected chi connectivity index (χ3v) is 4.66. The van der Waals surface area contributed by atoms with Crippen molar-refractivity contribution in [1.29, 1.82) is 5.26 Å². The standard InChI is InChI=1S/C18H17Cl3N4O/c1-10(2)23-18(26)12(8-22)7-13-11(3)24-25(17(13)21)9-14-15(19)5-4-6-16(14)20/h4-7,10H,9H2,1-3H3,(H,23,26)/b12-7+. The van der Waals surface area contributed by atoms with Crippen LogP contribution in [0.2, 0.25) is 15.2 Å². The lowest BCUT2D eigenvalue weighted by Gasteiger charge is -2.08. The molecule has 0 aliphatic carbocycles. The molecule has 2 aromatic rings. The zero-order valence-electron chi connectivity index (χ0n) is 14.5. The van der Waals surface area contributed by atoms with Crippen LogP contribution in [0.4, 0.5) is 0 Å². The fourth-order valence-corrected chi connectivity index (χ4v) is 3.11. The first kappa shape index (κ1) is 20.3. The summed E-state index contributed by atoms with van der Waals surface area (Å²) in [6.45, 7) is 5.65. The molecular weight excluding hydrogens is 395 g/mol. The average Bonchev–Trinajstić information content (AvgIpc) is 2.82. The predicted octanol–water partition coefficient (Wildman–Crippen LogP) is 4.63. The monoisotopic (exact) mass is 410 g/mol. The van der Waals surface area contributed by atoms with Crippen LogP contribution >= 0.6 is 34.8 Å². The Morgan fingerprint density at radius 2 is 1.96 bits per heavy atom. The van der Waals surface area contributed by atoms with Gasteiger partial charge in [-0.2, -0.15) is 10.4 Å². The summed E-state index contributed by atoms with van der Waals surface area (Å²) in [6, 6.07) is 7.04. The molecule has 0 bridgehead atoms. The topological polar surface area (TPSA) is 70.7 Å². The molecule has 136 valence electrons. The summed E-state index contributed by atoms with van der Waals surface area (Å²) in [7, 11) is 0. The van der Waals surface area contributed by atoms with E-state index in [2.05, 4.69) is 10.4 Å². The van der Waals surface area contributed by atoms with Gasteiger partial charge in [-0.25, -0.2) is 4.68 Å². The number of carbonyl (C=O) groups excluding carboxylic acids is 1. The van der Waals surface area contributed by atoms with Crippen LogP contribution in [-0.2, 0) is 11.3 Å². The lowest BCUT2D eigenvalue weighted by Crippen LogP contribution is -2.30. The molecular formula is C18H17Cl3N4O. The molecule has 26 heavy (non-hydrogen) atoms. The first-order chi connectivity index (χ1) is 12.2. The molecule has 0 atom stereocenters. The number of nitriles is 1. The Balaban J connectivity index is 2.40. The van der Waals surface area contributed by atoms with Crippen LogP contribution in [0.3, 0.4) is 0 Å². The molecule has 0 unspecified atom stereocenters. The van der Waals surface area contributed by atoms with Crippen molar-refractivity contribution in [3.05, 3.63) is 55.8 Å². The summed E-state index contributed by atoms with van der Waals surface area (Å²) in [4.78, 5) is 12.1. The van der Waals surface area contributed by atoms with Gasteiger partial charge in [0.1, 0.15) is 16.8 Å². The number of nitrogens with one attached hydrogen (secondary N) is 1. The SMILES string of the molecule is Cc1nn(Cc2c(Cl)cccc2Cl)c(Cl)c1/C=C(\C#N)C(=O)NC(C)C. The van der Waals surface area contributed by atoms with Gasteiger partial charge in [0.05, 0.1) is 12.2 Å². The zero-order chi connectivity index (χ0) is 19.4. The maximum atomic E-state index is 12.1. The van der Waals surface area contributed by atoms with E-state index in [1.54, 1.807) is 25.1 Å². The minimum Gasteiger partial charge on any atom is -0.349 e. The Kier molecular flexibility index (Phi) is 6.71. The van der Waals surface area contributed by atoms with Crippen LogP contribution in [0, 0.1) is 18.3 Å². The fraction of sp³-hybridized carbons (Fsp3) is 0.278. The number of benzene rings is 1. The summed E-state index contributed by atoms with van der Waals surface area (Å²) in [5, 5.41) is 17.6. The van der Waals surface area contributed by atoms with Crippen molar-refractivity contribution in [3.8, 4) is 6.07 Å². The lowest BCUT2D eigenvalue weighted by atomic mass is 10.1. The van der Waals surface area contributed by atoms with E-state index in [1.165, 1.54) is 10.8 Å². The van der Waals surface area contributed by atoms with Crippen LogP contribution in [0.1, 0.15) is 30.7 Å². The van der Waals surface area contributed by atoms with Gasteiger partial charge in [-0.1, -0.05) is 40.9 Å². The molecule has 0 aliphatic rings. The molecule has 0 fully saturated rings. The second kappa shape index (κ2) is 8.59. The number of aromatic nitrogens is 2. The Morgan fingerprint density at radius 3 is 2.50 bits per heavy atom. The normalized spacial score (nSPS) is 11.5. The molecule has 8 heteroatoms. The first-order valence-corrected chi connectivity index (χ1v) is 8.96. The van der Waals surface area contributed by atoms with Gasteiger partial charge in [-0.15, -0.1) is 0 Å². The summed E-state index contributed by atoms with van der Waals surface area (Å²) in [6.07, 6.45) is 1.44. The molecule has 2 rings (SSSR count). The zero-order valence-corrected chi connectivity index (χ0v) is 16.7. The largest absolute Gasteiger partial charge is 0.349 e. The minimum atomic E-state index is -0.458. The molecule has 1 aromatic carbocycles. The van der Waals surface area contributed by atoms with Crippen LogP contribution < -0.4 is 5.32 Å². The van der Waals surface area contributed by atoms with Gasteiger partial charge in [0.15, 0.2) is 0 Å². The fourth-order valence-electron chi connectivity index (χ4n) is 2.30. The summed E-state index contributed by atoms with van der Waals surface area (Å²) < 4.78 is 1.53. The third kappa shape index (κ3) is 4.59. The Bertz CT molecular complexity index is 890. The van der Waals surface area contributed by atoms with E-state index in [4.69, 9.17) is 34.8 Å². The van der Waals surface area contributed by atoms with Crippen molar-refractivity contribution in [1.82, 2.24) is 15.1 Å². The van der Waals surface area contributed by atoms with Crippen molar-refractivity contribution in [3.63, 3.8) is 0 Å². The molecule has 0 aliphatic heterocycles. The number of rotatable bonds is 5. The number of hydrogen-bond acceptors (Lipinski definition) is 3. The summed E-state index contributed by atoms with van der Waals surface area (Å²) in [5.74, 6) is -0.458. The number of nitrogens with zero attached hydrogens (tertiary/aromatic N) is 3. The Labute approximate surface area is 167 Å². The van der Waals surface area contributed by atoms with E-state index in [1.807, 2.05) is 19.9 Å². The van der Waals surface area contributed by atoms with Crippen LogP contribution in [-0.4, -0.2) is 21.7 Å². The van der Waals surface area contributed by atoms with E-state index in [0.717, 1.165) is 0 Å². The highest BCUT2D eigenvalue weighted by molar-refractivity contribution is 6.36. The second-order valence-electron chi connectivity index (χ2n) is 5.95. The third-order valence-electron chi connectivity index (χ3n) is 3.55. The molecule has 1 aromatic heterocycles. The predicted molar refractivity (Wildman–Crippen MR) is 104 cm³/mol. The van der Waals surface area contributed by atoms with Crippen molar-refractivity contribution in [2.45, 2.75) is 33.4 Å². The van der Waals surface area contributed by atoms with E-state index < -0.39 is 5.91 Å². The summed E-state index contributed by atoms with van der Waals surface area (Å²) >= 11 is 18.8. The summed E-state index contributed by atoms with van der Waals surface area (Å²) in [5.41, 5.74) is 1.74. The van der Waals surface area contributed by atoms with Gasteiger partial charge in [-0.05, 0) is 39.0 Å². The molecule has 0 spiro atoms. The van der Waals surface area contributed by atoms with Crippen molar-refractivity contribution < 1.29 is 4.79 Å². The van der Waals surface area contributed by atoms with E-state index >= 15 is 0 Å². The van der Waals surface area contributed by atoms with Gasteiger partial charge in [0.25, 0.3) is 5.91 Å². The van der Waals surface area contributed by atoms with E-state index in [9.17, 15) is 10.1 Å². The smallest absolute Gasteiger partial charge is 0.262 e. The molecule has 0 saturated carbocycles. The molecule has 1 heterocycles. The van der Waals surface area contributed by atoms with E-state index in [0.29, 0.717) is 32.0 Å². The number of hydrogen-bond donors (Lipinski definition) is 1. The highest BCUT2D eigenvalue weighted by Crippen LogP contribution is 2.28. The van der Waals surface area contributed by atoms with Crippen molar-refractivity contribution in [2.24, 2.45) is 0 Å². The van der Waals surface area contributed by atoms with Crippen molar-refractivity contribution in [2.75, 3.05) is 0 Å². The molecule has 5 nitrogen and oxygen atoms in total. The maximum absolute atomic E-state index is 12.1. The highest BCUT2D eigenvalue weighted by Gasteiger charge is 2.17. The van der Waals surface area contributed by atoms with Gasteiger partial charge < -0.3 is 5.32 Å².